The second-order valence-electron chi connectivity index (χ2n) is 5.93. The van der Waals surface area contributed by atoms with Crippen LogP contribution < -0.4 is 10.6 Å². The first kappa shape index (κ1) is 19.3. The van der Waals surface area contributed by atoms with E-state index in [1.54, 1.807) is 19.2 Å². The molecular weight excluding hydrogens is 371 g/mol. The molecule has 3 rings (SSSR count). The Morgan fingerprint density at radius 2 is 1.89 bits per heavy atom. The van der Waals surface area contributed by atoms with Crippen molar-refractivity contribution in [2.45, 2.75) is 19.6 Å². The number of carbonyl (C=O) groups is 1. The molecule has 2 heterocycles. The Morgan fingerprint density at radius 1 is 1.07 bits per heavy atom. The molecule has 2 N–H and O–H groups in total. The lowest BCUT2D eigenvalue weighted by Crippen LogP contribution is -2.17. The predicted molar refractivity (Wildman–Crippen MR) is 97.7 cm³/mol. The Labute approximate surface area is 158 Å². The highest BCUT2D eigenvalue weighted by Crippen LogP contribution is 2.30. The molecular formula is C19H16F3N5O. The number of benzene rings is 1. The van der Waals surface area contributed by atoms with Crippen LogP contribution >= 0.6 is 0 Å². The molecule has 144 valence electrons. The summed E-state index contributed by atoms with van der Waals surface area (Å²) in [5.41, 5.74) is 0.518. The Bertz CT molecular complexity index is 977. The molecule has 0 aliphatic rings. The maximum absolute atomic E-state index is 12.8. The minimum Gasteiger partial charge on any atom is -0.349 e. The van der Waals surface area contributed by atoms with Gasteiger partial charge in [-0.05, 0) is 43.3 Å². The van der Waals surface area contributed by atoms with E-state index in [4.69, 9.17) is 0 Å². The third-order valence-electron chi connectivity index (χ3n) is 3.69. The molecule has 0 aliphatic heterocycles. The van der Waals surface area contributed by atoms with Gasteiger partial charge in [-0.3, -0.25) is 9.78 Å². The first-order valence-corrected chi connectivity index (χ1v) is 8.29. The molecule has 0 atom stereocenters. The molecule has 9 heteroatoms. The standard InChI is InChI=1S/C19H16F3N5O/c1-12-9-16(27-18(25-12)24-11-15-6-2-3-8-23-15)17(28)26-14-7-4-5-13(10-14)19(20,21)22/h2-10H,11H2,1H3,(H,26,28)(H,24,25,27). The molecule has 6 nitrogen and oxygen atoms in total. The van der Waals surface area contributed by atoms with Crippen molar-refractivity contribution >= 4 is 17.5 Å². The van der Waals surface area contributed by atoms with Crippen molar-refractivity contribution in [2.75, 3.05) is 10.6 Å². The summed E-state index contributed by atoms with van der Waals surface area (Å²) in [6, 6.07) is 11.3. The average molecular weight is 387 g/mol. The fraction of sp³-hybridized carbons (Fsp3) is 0.158. The minimum atomic E-state index is -4.49. The van der Waals surface area contributed by atoms with Gasteiger partial charge in [-0.1, -0.05) is 12.1 Å². The number of hydrogen-bond donors (Lipinski definition) is 2. The van der Waals surface area contributed by atoms with Crippen molar-refractivity contribution in [3.8, 4) is 0 Å². The van der Waals surface area contributed by atoms with Gasteiger partial charge in [0.05, 0.1) is 17.8 Å². The number of halogens is 3. The van der Waals surface area contributed by atoms with Gasteiger partial charge in [-0.2, -0.15) is 13.2 Å². The van der Waals surface area contributed by atoms with Crippen LogP contribution in [-0.2, 0) is 12.7 Å². The number of anilines is 2. The van der Waals surface area contributed by atoms with E-state index in [-0.39, 0.29) is 17.3 Å². The molecule has 0 saturated heterocycles. The smallest absolute Gasteiger partial charge is 0.349 e. The van der Waals surface area contributed by atoms with E-state index in [1.807, 2.05) is 12.1 Å². The molecule has 1 amide bonds. The molecule has 1 aromatic carbocycles. The highest BCUT2D eigenvalue weighted by atomic mass is 19.4. The maximum Gasteiger partial charge on any atom is 0.416 e. The minimum absolute atomic E-state index is 0.0269. The average Bonchev–Trinajstić information content (AvgIpc) is 2.66. The first-order chi connectivity index (χ1) is 13.3. The van der Waals surface area contributed by atoms with E-state index >= 15 is 0 Å². The number of nitrogens with zero attached hydrogens (tertiary/aromatic N) is 3. The fourth-order valence-corrected chi connectivity index (χ4v) is 2.40. The van der Waals surface area contributed by atoms with Crippen LogP contribution in [0, 0.1) is 6.92 Å². The Hall–Kier alpha value is -3.49. The molecule has 0 spiro atoms. The van der Waals surface area contributed by atoms with E-state index in [9.17, 15) is 18.0 Å². The van der Waals surface area contributed by atoms with Gasteiger partial charge in [0.1, 0.15) is 5.69 Å². The van der Waals surface area contributed by atoms with Gasteiger partial charge in [0.2, 0.25) is 5.95 Å². The van der Waals surface area contributed by atoms with E-state index in [0.29, 0.717) is 12.2 Å². The zero-order chi connectivity index (χ0) is 20.1. The first-order valence-electron chi connectivity index (χ1n) is 8.29. The molecule has 3 aromatic rings. The number of amides is 1. The van der Waals surface area contributed by atoms with Crippen LogP contribution in [0.1, 0.15) is 27.4 Å². The van der Waals surface area contributed by atoms with Gasteiger partial charge in [0, 0.05) is 17.6 Å². The van der Waals surface area contributed by atoms with Crippen LogP contribution in [0.25, 0.3) is 0 Å². The number of rotatable bonds is 5. The number of nitrogens with one attached hydrogen (secondary N) is 2. The van der Waals surface area contributed by atoms with Gasteiger partial charge in [-0.15, -0.1) is 0 Å². The van der Waals surface area contributed by atoms with E-state index in [0.717, 1.165) is 17.8 Å². The number of pyridine rings is 1. The Balaban J connectivity index is 1.74. The monoisotopic (exact) mass is 387 g/mol. The van der Waals surface area contributed by atoms with Crippen molar-refractivity contribution < 1.29 is 18.0 Å². The lowest BCUT2D eigenvalue weighted by molar-refractivity contribution is -0.137. The van der Waals surface area contributed by atoms with Gasteiger partial charge in [0.15, 0.2) is 0 Å². The predicted octanol–water partition coefficient (Wildman–Crippen LogP) is 4.06. The molecule has 0 aliphatic carbocycles. The largest absolute Gasteiger partial charge is 0.416 e. The molecule has 0 saturated carbocycles. The lowest BCUT2D eigenvalue weighted by Gasteiger charge is -2.11. The molecule has 0 unspecified atom stereocenters. The number of alkyl halides is 3. The summed E-state index contributed by atoms with van der Waals surface area (Å²) < 4.78 is 38.4. The van der Waals surface area contributed by atoms with Crippen LogP contribution in [-0.4, -0.2) is 20.9 Å². The van der Waals surface area contributed by atoms with Gasteiger partial charge >= 0.3 is 6.18 Å². The van der Waals surface area contributed by atoms with Crippen LogP contribution in [0.4, 0.5) is 24.8 Å². The normalized spacial score (nSPS) is 11.1. The summed E-state index contributed by atoms with van der Waals surface area (Å²) in [4.78, 5) is 24.9. The summed E-state index contributed by atoms with van der Waals surface area (Å²) in [7, 11) is 0. The molecule has 0 radical (unpaired) electrons. The van der Waals surface area contributed by atoms with Crippen LogP contribution in [0.5, 0.6) is 0 Å². The van der Waals surface area contributed by atoms with Crippen molar-refractivity contribution in [1.29, 1.82) is 0 Å². The summed E-state index contributed by atoms with van der Waals surface area (Å²) in [5, 5.41) is 5.41. The number of aryl methyl sites for hydroxylation is 1. The van der Waals surface area contributed by atoms with Crippen LogP contribution in [0.2, 0.25) is 0 Å². The van der Waals surface area contributed by atoms with Gasteiger partial charge in [0.25, 0.3) is 5.91 Å². The van der Waals surface area contributed by atoms with Gasteiger partial charge < -0.3 is 10.6 Å². The van der Waals surface area contributed by atoms with Crippen LogP contribution in [0.15, 0.2) is 54.7 Å². The highest BCUT2D eigenvalue weighted by molar-refractivity contribution is 6.03. The molecule has 28 heavy (non-hydrogen) atoms. The molecule has 0 bridgehead atoms. The second kappa shape index (κ2) is 8.03. The zero-order valence-electron chi connectivity index (χ0n) is 14.8. The summed E-state index contributed by atoms with van der Waals surface area (Å²) in [5.74, 6) is -0.412. The maximum atomic E-state index is 12.8. The van der Waals surface area contributed by atoms with E-state index < -0.39 is 17.6 Å². The molecule has 0 fully saturated rings. The fourth-order valence-electron chi connectivity index (χ4n) is 2.40. The second-order valence-corrected chi connectivity index (χ2v) is 5.93. The lowest BCUT2D eigenvalue weighted by atomic mass is 10.2. The summed E-state index contributed by atoms with van der Waals surface area (Å²) in [6.07, 6.45) is -2.84. The topological polar surface area (TPSA) is 79.8 Å². The summed E-state index contributed by atoms with van der Waals surface area (Å²) in [6.45, 7) is 2.05. The third kappa shape index (κ3) is 5.03. The third-order valence-corrected chi connectivity index (χ3v) is 3.69. The number of aromatic nitrogens is 3. The van der Waals surface area contributed by atoms with Crippen molar-refractivity contribution in [3.63, 3.8) is 0 Å². The Kier molecular flexibility index (Phi) is 5.53. The van der Waals surface area contributed by atoms with E-state index in [1.165, 1.54) is 18.2 Å². The highest BCUT2D eigenvalue weighted by Gasteiger charge is 2.30. The zero-order valence-corrected chi connectivity index (χ0v) is 14.8. The SMILES string of the molecule is Cc1cc(C(=O)Nc2cccc(C(F)(F)F)c2)nc(NCc2ccccn2)n1. The van der Waals surface area contributed by atoms with Crippen LogP contribution in [0.3, 0.4) is 0 Å². The molecule has 2 aromatic heterocycles. The quantitative estimate of drug-likeness (QED) is 0.690. The Morgan fingerprint density at radius 3 is 2.61 bits per heavy atom. The number of carbonyl (C=O) groups excluding carboxylic acids is 1. The summed E-state index contributed by atoms with van der Waals surface area (Å²) >= 11 is 0. The van der Waals surface area contributed by atoms with Crippen molar-refractivity contribution in [3.05, 3.63) is 77.4 Å². The van der Waals surface area contributed by atoms with Crippen molar-refractivity contribution in [2.24, 2.45) is 0 Å². The van der Waals surface area contributed by atoms with E-state index in [2.05, 4.69) is 25.6 Å². The number of hydrogen-bond acceptors (Lipinski definition) is 5. The van der Waals surface area contributed by atoms with Gasteiger partial charge in [-0.25, -0.2) is 9.97 Å². The van der Waals surface area contributed by atoms with Crippen molar-refractivity contribution in [1.82, 2.24) is 15.0 Å².